The van der Waals surface area contributed by atoms with Crippen molar-refractivity contribution in [3.8, 4) is 67.8 Å². The minimum Gasteiger partial charge on any atom is -0.497 e. The zero-order valence-electron chi connectivity index (χ0n) is 74.3. The maximum absolute atomic E-state index is 14.8. The zero-order valence-corrected chi connectivity index (χ0v) is 86.3. The van der Waals surface area contributed by atoms with Crippen molar-refractivity contribution in [1.82, 2.24) is 24.9 Å². The number of aryl methyl sites for hydroxylation is 2. The molecule has 2 aliphatic rings. The molecule has 0 amide bonds. The Morgan fingerprint density at radius 3 is 1.17 bits per heavy atom. The first-order chi connectivity index (χ1) is 63.1. The third-order valence-electron chi connectivity index (χ3n) is 23.9. The van der Waals surface area contributed by atoms with Crippen LogP contribution in [0.2, 0.25) is 0 Å². The number of benzene rings is 15. The predicted octanol–water partition coefficient (Wildman–Crippen LogP) is 29.9. The summed E-state index contributed by atoms with van der Waals surface area (Å²) in [6.45, 7) is 12.2. The van der Waals surface area contributed by atoms with Crippen molar-refractivity contribution in [3.63, 3.8) is 0 Å². The van der Waals surface area contributed by atoms with Gasteiger partial charge in [-0.15, -0.1) is 131 Å². The molecule has 134 heavy (non-hydrogen) atoms. The van der Waals surface area contributed by atoms with Crippen molar-refractivity contribution >= 4 is 94.3 Å². The van der Waals surface area contributed by atoms with Gasteiger partial charge in [0.1, 0.15) is 11.5 Å². The van der Waals surface area contributed by atoms with E-state index in [0.29, 0.717) is 16.7 Å². The maximum Gasteiger partial charge on any atom is 0.119 e. The number of methoxy groups -OCH3 is 2. The van der Waals surface area contributed by atoms with Crippen LogP contribution in [0.4, 0.5) is 60.0 Å². The molecule has 673 valence electrons. The molecular weight excluding hydrogens is 2550 g/mol. The molecule has 17 heteroatoms. The number of anilines is 9. The summed E-state index contributed by atoms with van der Waals surface area (Å²) >= 11 is 0. The maximum atomic E-state index is 14.8. The summed E-state index contributed by atoms with van der Waals surface area (Å²) in [5.41, 5.74) is 23.4. The van der Waals surface area contributed by atoms with Crippen LogP contribution in [-0.2, 0) is 111 Å². The molecule has 0 saturated heterocycles. The second-order valence-corrected chi connectivity index (χ2v) is 32.5. The number of rotatable bonds is 14. The molecule has 15 aromatic carbocycles. The van der Waals surface area contributed by atoms with Crippen LogP contribution in [0.25, 0.3) is 99.4 Å². The SMILES string of the molecule is COc1ccc(N(c2ccc(OC)cc2)c2cc[c-]c(-c3ccccn3)c2)cc1.Cc1c[c-]c2c(c1F)C(C)(C)c1cccc3ccnc-2c13.Cc1ccc2c3c(nccc13)-c1[c-]ccc(F)c1C2(C)C.[Ir].[Ir].[Ir].[Ir].[Ir].[c-]1ccc(N(c2cccc3ccccc23)c2cccc3ccccc23)cc1-c1ccccn1.[c-]1ccc(N(c2ccccc2)c2ccccc2)cc1-c1ccccn1. The summed E-state index contributed by atoms with van der Waals surface area (Å²) in [6.07, 6.45) is 9.01. The molecule has 20 aromatic rings. The van der Waals surface area contributed by atoms with Gasteiger partial charge in [0.25, 0.3) is 0 Å². The number of hydrogen-bond acceptors (Lipinski definition) is 10. The minimum atomic E-state index is -0.391. The van der Waals surface area contributed by atoms with Gasteiger partial charge in [-0.2, -0.15) is 0 Å². The van der Waals surface area contributed by atoms with Gasteiger partial charge in [-0.25, -0.2) is 8.78 Å². The van der Waals surface area contributed by atoms with Gasteiger partial charge in [-0.3, -0.25) is 0 Å². The molecule has 0 bridgehead atoms. The van der Waals surface area contributed by atoms with Crippen LogP contribution < -0.4 is 24.2 Å². The van der Waals surface area contributed by atoms with E-state index in [0.717, 1.165) is 146 Å². The molecule has 22 rings (SSSR count). The molecule has 0 atom stereocenters. The Morgan fingerprint density at radius 1 is 0.299 bits per heavy atom. The normalized spacial score (nSPS) is 11.6. The summed E-state index contributed by atoms with van der Waals surface area (Å²) in [7, 11) is 3.34. The quantitative estimate of drug-likeness (QED) is 0.0980. The summed E-state index contributed by atoms with van der Waals surface area (Å²) in [4.78, 5) is 29.3. The number of aromatic nitrogens is 5. The van der Waals surface area contributed by atoms with E-state index < -0.39 is 5.41 Å². The Morgan fingerprint density at radius 2 is 0.694 bits per heavy atom. The molecule has 0 N–H and O–H groups in total. The van der Waals surface area contributed by atoms with E-state index in [1.807, 2.05) is 170 Å². The first-order valence-electron chi connectivity index (χ1n) is 42.8. The number of fused-ring (bicyclic) bond motifs is 6. The summed E-state index contributed by atoms with van der Waals surface area (Å²) in [5, 5.41) is 9.44. The molecule has 5 heterocycles. The van der Waals surface area contributed by atoms with Crippen LogP contribution in [0.3, 0.4) is 0 Å². The molecule has 0 unspecified atom stereocenters. The number of halogens is 2. The Kier molecular flexibility index (Phi) is 32.7. The zero-order chi connectivity index (χ0) is 88.5. The Hall–Kier alpha value is -12.8. The molecule has 0 spiro atoms. The predicted molar refractivity (Wildman–Crippen MR) is 523 cm³/mol. The fraction of sp³-hybridized carbons (Fsp3) is 0.0855. The molecule has 0 fully saturated rings. The van der Waals surface area contributed by atoms with E-state index in [2.05, 4.69) is 293 Å². The second kappa shape index (κ2) is 44.4. The Labute approximate surface area is 849 Å². The topological polar surface area (TPSA) is 92.6 Å². The van der Waals surface area contributed by atoms with E-state index in [1.165, 1.54) is 38.6 Å². The molecule has 0 aliphatic heterocycles. The van der Waals surface area contributed by atoms with Crippen molar-refractivity contribution in [1.29, 1.82) is 0 Å². The summed E-state index contributed by atoms with van der Waals surface area (Å²) in [5.74, 6) is 1.32. The van der Waals surface area contributed by atoms with Crippen molar-refractivity contribution < 1.29 is 119 Å². The van der Waals surface area contributed by atoms with Crippen LogP contribution in [-0.4, -0.2) is 39.1 Å². The first kappa shape index (κ1) is 98.7. The number of ether oxygens (including phenoxy) is 2. The second-order valence-electron chi connectivity index (χ2n) is 32.5. The monoisotopic (exact) mass is 2640 g/mol. The molecule has 0 saturated carbocycles. The van der Waals surface area contributed by atoms with Gasteiger partial charge in [-0.1, -0.05) is 227 Å². The fourth-order valence-electron chi connectivity index (χ4n) is 17.5. The molecule has 2 aliphatic carbocycles. The van der Waals surface area contributed by atoms with Gasteiger partial charge in [0.15, 0.2) is 0 Å². The number of hydrogen-bond donors (Lipinski definition) is 0. The van der Waals surface area contributed by atoms with Gasteiger partial charge < -0.3 is 49.1 Å². The average Bonchev–Trinajstić information content (AvgIpc) is 0.716. The third kappa shape index (κ3) is 20.5. The van der Waals surface area contributed by atoms with Crippen molar-refractivity contribution in [2.45, 2.75) is 52.4 Å². The molecule has 5 aromatic heterocycles. The standard InChI is InChI=1S/C31H21N2.C25H21N2O2.C23H17N2.2C19H15FN.5Ir/c1-3-16-27-23(10-1)12-8-19-30(27)33(31-20-9-13-24-11-2-4-17-28(24)31)26-15-7-14-25(22-26)29-18-5-6-21-32-29;1-28-23-13-9-20(10-14-23)27(21-11-15-24(29-2)16-12-21)22-7-5-6-19(18-22)25-8-3-4-17-26-25;1-3-11-20(12-4-1)25(21-13-5-2-6-14-21)22-15-9-10-19(18-22)23-16-7-8-17-24-23;1-11-7-8-14-16-12(11)9-10-21-18(16)13-5-4-6-15(20)17(13)19(14,2)3;1-11-7-8-13-16(17(11)20)19(2,3)14-6-4-5-12-9-10-21-18(13)15(12)14;;;;;/h1-13,15-22H;3-5,7-18H,1-2H3;1-9,11-18H;4,6-10H,1-3H3;4-7,9-10H,1-3H3;;;;;/q5*-1;;;;;. The minimum absolute atomic E-state index is 0. The van der Waals surface area contributed by atoms with Gasteiger partial charge in [-0.05, 0) is 228 Å². The van der Waals surface area contributed by atoms with E-state index >= 15 is 0 Å². The fourth-order valence-corrected chi connectivity index (χ4v) is 17.5. The summed E-state index contributed by atoms with van der Waals surface area (Å²) < 4.78 is 39.9. The van der Waals surface area contributed by atoms with Gasteiger partial charge in [0.2, 0.25) is 0 Å². The molecular formula is C117H89F2Ir5N8O2-5. The van der Waals surface area contributed by atoms with E-state index in [4.69, 9.17) is 9.47 Å². The van der Waals surface area contributed by atoms with Gasteiger partial charge in [0.05, 0.1) is 25.6 Å². The third-order valence-corrected chi connectivity index (χ3v) is 23.9. The van der Waals surface area contributed by atoms with Gasteiger partial charge in [0, 0.05) is 177 Å². The smallest absolute Gasteiger partial charge is 0.119 e. The first-order valence-corrected chi connectivity index (χ1v) is 42.8. The van der Waals surface area contributed by atoms with Crippen molar-refractivity contribution in [2.24, 2.45) is 0 Å². The number of para-hydroxylation sites is 2. The largest absolute Gasteiger partial charge is 0.497 e. The Bertz CT molecular complexity index is 7240. The molecule has 10 nitrogen and oxygen atoms in total. The van der Waals surface area contributed by atoms with Crippen molar-refractivity contribution in [2.75, 3.05) is 28.9 Å². The van der Waals surface area contributed by atoms with Gasteiger partial charge >= 0.3 is 0 Å². The van der Waals surface area contributed by atoms with Crippen LogP contribution >= 0.6 is 0 Å². The van der Waals surface area contributed by atoms with Crippen LogP contribution in [0, 0.1) is 55.8 Å². The van der Waals surface area contributed by atoms with E-state index in [9.17, 15) is 8.78 Å². The number of nitrogens with zero attached hydrogens (tertiary/aromatic N) is 8. The van der Waals surface area contributed by atoms with Crippen LogP contribution in [0.1, 0.15) is 61.1 Å². The van der Waals surface area contributed by atoms with Crippen molar-refractivity contribution in [3.05, 3.63) is 470 Å². The van der Waals surface area contributed by atoms with Crippen LogP contribution in [0.5, 0.6) is 11.5 Å². The van der Waals surface area contributed by atoms with E-state index in [1.54, 1.807) is 51.9 Å². The van der Waals surface area contributed by atoms with E-state index in [-0.39, 0.29) is 118 Å². The Balaban J connectivity index is 0.000000142. The average molecular weight is 2640 g/mol. The molecule has 5 radical (unpaired) electrons. The summed E-state index contributed by atoms with van der Waals surface area (Å²) in [6, 6.07) is 139. The van der Waals surface area contributed by atoms with Crippen LogP contribution in [0.15, 0.2) is 395 Å². The number of pyridine rings is 5.